The average Bonchev–Trinajstić information content (AvgIpc) is 2.79. The van der Waals surface area contributed by atoms with Crippen molar-refractivity contribution in [3.63, 3.8) is 0 Å². The van der Waals surface area contributed by atoms with Crippen LogP contribution in [-0.4, -0.2) is 48.3 Å². The van der Waals surface area contributed by atoms with Crippen LogP contribution in [-0.2, 0) is 9.59 Å². The lowest BCUT2D eigenvalue weighted by Crippen LogP contribution is -2.47. The number of fused-ring (bicyclic) bond motifs is 1. The van der Waals surface area contributed by atoms with E-state index < -0.39 is 0 Å². The molecule has 5 heteroatoms. The SMILES string of the molecule is CC(=O)C(NC(=O)CN1CC2CCCC(N)C2C1)C(C)C. The lowest BCUT2D eigenvalue weighted by molar-refractivity contribution is -0.128. The summed E-state index contributed by atoms with van der Waals surface area (Å²) >= 11 is 0. The summed E-state index contributed by atoms with van der Waals surface area (Å²) in [6.07, 6.45) is 3.56. The van der Waals surface area contributed by atoms with Crippen LogP contribution in [0, 0.1) is 17.8 Å². The molecule has 1 aliphatic heterocycles. The van der Waals surface area contributed by atoms with Crippen molar-refractivity contribution in [1.29, 1.82) is 0 Å². The van der Waals surface area contributed by atoms with E-state index in [9.17, 15) is 9.59 Å². The molecule has 2 fully saturated rings. The molecule has 21 heavy (non-hydrogen) atoms. The zero-order valence-electron chi connectivity index (χ0n) is 13.5. The summed E-state index contributed by atoms with van der Waals surface area (Å²) in [5.74, 6) is 1.29. The second kappa shape index (κ2) is 6.88. The summed E-state index contributed by atoms with van der Waals surface area (Å²) in [6, 6.07) is -0.0814. The minimum atomic E-state index is -0.371. The van der Waals surface area contributed by atoms with E-state index >= 15 is 0 Å². The fraction of sp³-hybridized carbons (Fsp3) is 0.875. The largest absolute Gasteiger partial charge is 0.345 e. The van der Waals surface area contributed by atoms with Crippen molar-refractivity contribution in [3.8, 4) is 0 Å². The summed E-state index contributed by atoms with van der Waals surface area (Å²) in [6.45, 7) is 7.72. The van der Waals surface area contributed by atoms with Gasteiger partial charge in [0, 0.05) is 19.1 Å². The van der Waals surface area contributed by atoms with Crippen molar-refractivity contribution in [2.24, 2.45) is 23.5 Å². The number of ketones is 1. The molecule has 0 aromatic rings. The fourth-order valence-corrected chi connectivity index (χ4v) is 3.90. The smallest absolute Gasteiger partial charge is 0.234 e. The van der Waals surface area contributed by atoms with Crippen LogP contribution < -0.4 is 11.1 Å². The van der Waals surface area contributed by atoms with E-state index in [0.29, 0.717) is 18.4 Å². The van der Waals surface area contributed by atoms with Gasteiger partial charge in [-0.05, 0) is 37.5 Å². The number of hydrogen-bond donors (Lipinski definition) is 2. The van der Waals surface area contributed by atoms with Crippen LogP contribution in [0.4, 0.5) is 0 Å². The maximum Gasteiger partial charge on any atom is 0.234 e. The lowest BCUT2D eigenvalue weighted by Gasteiger charge is -2.29. The first-order valence-electron chi connectivity index (χ1n) is 8.16. The van der Waals surface area contributed by atoms with Crippen molar-refractivity contribution < 1.29 is 9.59 Å². The van der Waals surface area contributed by atoms with Crippen molar-refractivity contribution in [2.75, 3.05) is 19.6 Å². The summed E-state index contributed by atoms with van der Waals surface area (Å²) in [4.78, 5) is 25.9. The molecule has 1 aliphatic carbocycles. The minimum absolute atomic E-state index is 0.0236. The molecule has 120 valence electrons. The Morgan fingerprint density at radius 3 is 2.57 bits per heavy atom. The molecule has 4 atom stereocenters. The Balaban J connectivity index is 1.85. The molecule has 4 unspecified atom stereocenters. The highest BCUT2D eigenvalue weighted by molar-refractivity contribution is 5.88. The molecule has 2 rings (SSSR count). The molecular weight excluding hydrogens is 266 g/mol. The van der Waals surface area contributed by atoms with E-state index in [0.717, 1.165) is 19.5 Å². The van der Waals surface area contributed by atoms with Gasteiger partial charge in [0.15, 0.2) is 5.78 Å². The molecule has 0 bridgehead atoms. The van der Waals surface area contributed by atoms with E-state index in [2.05, 4.69) is 10.2 Å². The zero-order valence-corrected chi connectivity index (χ0v) is 13.5. The van der Waals surface area contributed by atoms with Gasteiger partial charge in [-0.3, -0.25) is 14.5 Å². The van der Waals surface area contributed by atoms with Gasteiger partial charge < -0.3 is 11.1 Å². The van der Waals surface area contributed by atoms with E-state index in [1.54, 1.807) is 0 Å². The number of nitrogens with one attached hydrogen (secondary N) is 1. The highest BCUT2D eigenvalue weighted by atomic mass is 16.2. The molecule has 1 saturated carbocycles. The molecule has 0 aromatic heterocycles. The van der Waals surface area contributed by atoms with Gasteiger partial charge in [0.25, 0.3) is 0 Å². The van der Waals surface area contributed by atoms with Gasteiger partial charge in [0.1, 0.15) is 0 Å². The van der Waals surface area contributed by atoms with Crippen LogP contribution in [0.3, 0.4) is 0 Å². The van der Waals surface area contributed by atoms with Crippen LogP contribution in [0.5, 0.6) is 0 Å². The Bertz CT molecular complexity index is 397. The normalized spacial score (nSPS) is 31.0. The van der Waals surface area contributed by atoms with Gasteiger partial charge in [-0.15, -0.1) is 0 Å². The number of carbonyl (C=O) groups is 2. The quantitative estimate of drug-likeness (QED) is 0.786. The molecule has 5 nitrogen and oxygen atoms in total. The van der Waals surface area contributed by atoms with Gasteiger partial charge in [0.2, 0.25) is 5.91 Å². The van der Waals surface area contributed by atoms with Crippen molar-refractivity contribution in [1.82, 2.24) is 10.2 Å². The first-order chi connectivity index (χ1) is 9.88. The van der Waals surface area contributed by atoms with Gasteiger partial charge in [0.05, 0.1) is 12.6 Å². The van der Waals surface area contributed by atoms with Crippen LogP contribution in [0.25, 0.3) is 0 Å². The van der Waals surface area contributed by atoms with E-state index in [1.165, 1.54) is 19.8 Å². The van der Waals surface area contributed by atoms with E-state index in [1.807, 2.05) is 13.8 Å². The number of hydrogen-bond acceptors (Lipinski definition) is 4. The Morgan fingerprint density at radius 1 is 1.29 bits per heavy atom. The Kier molecular flexibility index (Phi) is 5.38. The fourth-order valence-electron chi connectivity index (χ4n) is 3.90. The molecule has 1 heterocycles. The zero-order chi connectivity index (χ0) is 15.6. The van der Waals surface area contributed by atoms with Gasteiger partial charge >= 0.3 is 0 Å². The number of carbonyl (C=O) groups excluding carboxylic acids is 2. The third-order valence-electron chi connectivity index (χ3n) is 5.02. The molecule has 3 N–H and O–H groups in total. The third-order valence-corrected chi connectivity index (χ3v) is 5.02. The Labute approximate surface area is 127 Å². The molecule has 2 aliphatic rings. The first kappa shape index (κ1) is 16.4. The molecule has 0 spiro atoms. The van der Waals surface area contributed by atoms with E-state index in [4.69, 9.17) is 5.73 Å². The minimum Gasteiger partial charge on any atom is -0.345 e. The predicted octanol–water partition coefficient (Wildman–Crippen LogP) is 0.775. The number of likely N-dealkylation sites (tertiary alicyclic amines) is 1. The van der Waals surface area contributed by atoms with Gasteiger partial charge in [-0.2, -0.15) is 0 Å². The maximum absolute atomic E-state index is 12.2. The lowest BCUT2D eigenvalue weighted by atomic mass is 9.78. The second-order valence-corrected chi connectivity index (χ2v) is 7.11. The van der Waals surface area contributed by atoms with Crippen LogP contribution in [0.2, 0.25) is 0 Å². The van der Waals surface area contributed by atoms with Crippen molar-refractivity contribution >= 4 is 11.7 Å². The Hall–Kier alpha value is -0.940. The summed E-state index contributed by atoms with van der Waals surface area (Å²) in [5, 5.41) is 2.87. The molecule has 0 radical (unpaired) electrons. The maximum atomic E-state index is 12.2. The number of nitrogens with zero attached hydrogens (tertiary/aromatic N) is 1. The van der Waals surface area contributed by atoms with Crippen LogP contribution in [0.15, 0.2) is 0 Å². The number of amides is 1. The second-order valence-electron chi connectivity index (χ2n) is 7.11. The number of Topliss-reactive ketones (excluding diaryl/α,β-unsaturated/α-hetero) is 1. The average molecular weight is 295 g/mol. The van der Waals surface area contributed by atoms with E-state index in [-0.39, 0.29) is 29.7 Å². The topological polar surface area (TPSA) is 75.4 Å². The molecule has 0 aromatic carbocycles. The standard InChI is InChI=1S/C16H29N3O2/c1-10(2)16(11(3)20)18-15(21)9-19-7-12-5-4-6-14(17)13(12)8-19/h10,12-14,16H,4-9,17H2,1-3H3,(H,18,21). The summed E-state index contributed by atoms with van der Waals surface area (Å²) < 4.78 is 0. The first-order valence-corrected chi connectivity index (χ1v) is 8.16. The van der Waals surface area contributed by atoms with Crippen molar-refractivity contribution in [3.05, 3.63) is 0 Å². The molecule has 1 saturated heterocycles. The van der Waals surface area contributed by atoms with Gasteiger partial charge in [-0.1, -0.05) is 20.3 Å². The monoisotopic (exact) mass is 295 g/mol. The molecule has 1 amide bonds. The van der Waals surface area contributed by atoms with Crippen LogP contribution >= 0.6 is 0 Å². The molecular formula is C16H29N3O2. The number of rotatable bonds is 5. The Morgan fingerprint density at radius 2 is 2.00 bits per heavy atom. The third kappa shape index (κ3) is 4.04. The highest BCUT2D eigenvalue weighted by Gasteiger charge is 2.39. The van der Waals surface area contributed by atoms with Gasteiger partial charge in [-0.25, -0.2) is 0 Å². The summed E-state index contributed by atoms with van der Waals surface area (Å²) in [5.41, 5.74) is 6.20. The van der Waals surface area contributed by atoms with Crippen LogP contribution in [0.1, 0.15) is 40.0 Å². The van der Waals surface area contributed by atoms with Crippen molar-refractivity contribution in [2.45, 2.75) is 52.1 Å². The summed E-state index contributed by atoms with van der Waals surface area (Å²) in [7, 11) is 0. The number of nitrogens with two attached hydrogens (primary N) is 1. The predicted molar refractivity (Wildman–Crippen MR) is 82.7 cm³/mol. The highest BCUT2D eigenvalue weighted by Crippen LogP contribution is 2.35.